The van der Waals surface area contributed by atoms with Gasteiger partial charge in [-0.2, -0.15) is 0 Å². The molecule has 1 atom stereocenters. The third-order valence-electron chi connectivity index (χ3n) is 6.05. The summed E-state index contributed by atoms with van der Waals surface area (Å²) >= 11 is 0. The number of phenolic OH excluding ortho intramolecular Hbond substituents is 1. The van der Waals surface area contributed by atoms with E-state index in [1.54, 1.807) is 48.5 Å². The minimum absolute atomic E-state index is 0.0169. The summed E-state index contributed by atoms with van der Waals surface area (Å²) in [5.41, 5.74) is 2.60. The molecule has 36 heavy (non-hydrogen) atoms. The van der Waals surface area contributed by atoms with Crippen molar-refractivity contribution in [2.75, 3.05) is 19.1 Å². The molecule has 3 aromatic rings. The normalized spacial score (nSPS) is 16.8. The number of Topliss-reactive ketones (excluding diaryl/α,β-unsaturated/α-hetero) is 1. The molecule has 1 heterocycles. The predicted molar refractivity (Wildman–Crippen MR) is 133 cm³/mol. The first-order chi connectivity index (χ1) is 17.2. The molecule has 4 rings (SSSR count). The molecule has 1 saturated heterocycles. The number of rotatable bonds is 6. The molecule has 0 aromatic heterocycles. The first-order valence-corrected chi connectivity index (χ1v) is 11.2. The highest BCUT2D eigenvalue weighted by molar-refractivity contribution is 6.51. The Bertz CT molecular complexity index is 1360. The Morgan fingerprint density at radius 2 is 1.64 bits per heavy atom. The van der Waals surface area contributed by atoms with Crippen LogP contribution in [0, 0.1) is 6.92 Å². The third kappa shape index (κ3) is 4.53. The highest BCUT2D eigenvalue weighted by Gasteiger charge is 2.47. The summed E-state index contributed by atoms with van der Waals surface area (Å²) in [5, 5.41) is 21.2. The number of aryl methyl sites for hydroxylation is 1. The topological polar surface area (TPSA) is 113 Å². The SMILES string of the molecule is COC(=O)Cc1ccc(N2C(=O)C(=O)/C(=C(/O)c3cc(C)ccc3OC)C2c2ccc(O)cc2)cc1. The van der Waals surface area contributed by atoms with Crippen molar-refractivity contribution in [2.24, 2.45) is 0 Å². The zero-order valence-electron chi connectivity index (χ0n) is 20.0. The number of amides is 1. The van der Waals surface area contributed by atoms with Gasteiger partial charge in [0.1, 0.15) is 17.3 Å². The lowest BCUT2D eigenvalue weighted by atomic mass is 9.94. The van der Waals surface area contributed by atoms with E-state index < -0.39 is 23.7 Å². The van der Waals surface area contributed by atoms with Gasteiger partial charge < -0.3 is 19.7 Å². The number of methoxy groups -OCH3 is 2. The van der Waals surface area contributed by atoms with E-state index in [0.717, 1.165) is 5.56 Å². The fraction of sp³-hybridized carbons (Fsp3) is 0.179. The Kier molecular flexibility index (Phi) is 6.78. The molecular formula is C28H25NO7. The lowest BCUT2D eigenvalue weighted by molar-refractivity contribution is -0.139. The van der Waals surface area contributed by atoms with Crippen molar-refractivity contribution in [3.8, 4) is 11.5 Å². The molecule has 184 valence electrons. The van der Waals surface area contributed by atoms with Crippen molar-refractivity contribution < 1.29 is 34.1 Å². The smallest absolute Gasteiger partial charge is 0.309 e. The Balaban J connectivity index is 1.88. The molecule has 3 aromatic carbocycles. The number of esters is 1. The Labute approximate surface area is 208 Å². The van der Waals surface area contributed by atoms with E-state index in [1.807, 2.05) is 13.0 Å². The standard InChI is InChI=1S/C28H25NO7/c1-16-4-13-22(35-2)21(14-16)26(32)24-25(18-7-11-20(30)12-8-18)29(28(34)27(24)33)19-9-5-17(6-10-19)15-23(31)36-3/h4-14,25,30,32H,15H2,1-3H3/b26-24+. The van der Waals surface area contributed by atoms with Crippen molar-refractivity contribution >= 4 is 29.1 Å². The maximum atomic E-state index is 13.3. The molecule has 8 nitrogen and oxygen atoms in total. The van der Waals surface area contributed by atoms with Crippen LogP contribution in [0.1, 0.15) is 28.3 Å². The molecule has 1 amide bonds. The van der Waals surface area contributed by atoms with Gasteiger partial charge in [-0.3, -0.25) is 19.3 Å². The van der Waals surface area contributed by atoms with Crippen LogP contribution >= 0.6 is 0 Å². The van der Waals surface area contributed by atoms with Gasteiger partial charge in [0.2, 0.25) is 0 Å². The average Bonchev–Trinajstić information content (AvgIpc) is 3.14. The van der Waals surface area contributed by atoms with E-state index >= 15 is 0 Å². The quantitative estimate of drug-likeness (QED) is 0.233. The summed E-state index contributed by atoms with van der Waals surface area (Å²) in [6.07, 6.45) is 0.0597. The van der Waals surface area contributed by atoms with E-state index in [-0.39, 0.29) is 29.1 Å². The van der Waals surface area contributed by atoms with Gasteiger partial charge in [0.25, 0.3) is 11.7 Å². The minimum Gasteiger partial charge on any atom is -0.508 e. The molecule has 1 aliphatic rings. The van der Waals surface area contributed by atoms with Gasteiger partial charge >= 0.3 is 5.97 Å². The number of hydrogen-bond donors (Lipinski definition) is 2. The molecule has 8 heteroatoms. The summed E-state index contributed by atoms with van der Waals surface area (Å²) in [6, 6.07) is 16.9. The van der Waals surface area contributed by atoms with Gasteiger partial charge in [0, 0.05) is 5.69 Å². The van der Waals surface area contributed by atoms with Crippen molar-refractivity contribution in [1.29, 1.82) is 0 Å². The first kappa shape index (κ1) is 24.5. The minimum atomic E-state index is -0.970. The van der Waals surface area contributed by atoms with Crippen LogP contribution in [0.2, 0.25) is 0 Å². The van der Waals surface area contributed by atoms with E-state index in [9.17, 15) is 24.6 Å². The van der Waals surface area contributed by atoms with Crippen LogP contribution in [0.25, 0.3) is 5.76 Å². The van der Waals surface area contributed by atoms with Gasteiger partial charge in [-0.05, 0) is 54.4 Å². The van der Waals surface area contributed by atoms with E-state index in [4.69, 9.17) is 9.47 Å². The number of aliphatic hydroxyl groups is 1. The van der Waals surface area contributed by atoms with E-state index in [0.29, 0.717) is 22.6 Å². The number of benzene rings is 3. The highest BCUT2D eigenvalue weighted by atomic mass is 16.5. The Hall–Kier alpha value is -4.59. The number of ketones is 1. The molecule has 0 spiro atoms. The zero-order valence-corrected chi connectivity index (χ0v) is 20.0. The van der Waals surface area contributed by atoms with Gasteiger partial charge in [-0.1, -0.05) is 35.9 Å². The molecular weight excluding hydrogens is 462 g/mol. The maximum absolute atomic E-state index is 13.3. The van der Waals surface area contributed by atoms with Gasteiger partial charge in [-0.25, -0.2) is 0 Å². The van der Waals surface area contributed by atoms with E-state index in [2.05, 4.69) is 0 Å². The molecule has 1 aliphatic heterocycles. The van der Waals surface area contributed by atoms with Crippen molar-refractivity contribution in [1.82, 2.24) is 0 Å². The number of hydrogen-bond acceptors (Lipinski definition) is 7. The molecule has 2 N–H and O–H groups in total. The van der Waals surface area contributed by atoms with Gasteiger partial charge in [-0.15, -0.1) is 0 Å². The lowest BCUT2D eigenvalue weighted by Crippen LogP contribution is -2.29. The van der Waals surface area contributed by atoms with Gasteiger partial charge in [0.05, 0.1) is 37.8 Å². The van der Waals surface area contributed by atoms with Crippen LogP contribution in [-0.2, 0) is 25.5 Å². The second-order valence-corrected chi connectivity index (χ2v) is 8.38. The fourth-order valence-electron chi connectivity index (χ4n) is 4.24. The lowest BCUT2D eigenvalue weighted by Gasteiger charge is -2.26. The summed E-state index contributed by atoms with van der Waals surface area (Å²) < 4.78 is 10.1. The number of carbonyl (C=O) groups excluding carboxylic acids is 3. The first-order valence-electron chi connectivity index (χ1n) is 11.2. The summed E-state index contributed by atoms with van der Waals surface area (Å²) in [5.74, 6) is -2.07. The zero-order chi connectivity index (χ0) is 26.0. The fourth-order valence-corrected chi connectivity index (χ4v) is 4.24. The molecule has 1 unspecified atom stereocenters. The van der Waals surface area contributed by atoms with E-state index in [1.165, 1.54) is 31.3 Å². The molecule has 0 saturated carbocycles. The number of phenols is 1. The van der Waals surface area contributed by atoms with Crippen LogP contribution in [0.5, 0.6) is 11.5 Å². The molecule has 0 bridgehead atoms. The van der Waals surface area contributed by atoms with Crippen LogP contribution in [0.4, 0.5) is 5.69 Å². The van der Waals surface area contributed by atoms with Crippen molar-refractivity contribution in [2.45, 2.75) is 19.4 Å². The number of anilines is 1. The monoisotopic (exact) mass is 487 g/mol. The third-order valence-corrected chi connectivity index (χ3v) is 6.05. The van der Waals surface area contributed by atoms with Crippen LogP contribution in [0.3, 0.4) is 0 Å². The second-order valence-electron chi connectivity index (χ2n) is 8.38. The average molecular weight is 488 g/mol. The van der Waals surface area contributed by atoms with Crippen LogP contribution < -0.4 is 9.64 Å². The maximum Gasteiger partial charge on any atom is 0.309 e. The number of ether oxygens (including phenoxy) is 2. The predicted octanol–water partition coefficient (Wildman–Crippen LogP) is 4.05. The molecule has 0 aliphatic carbocycles. The largest absolute Gasteiger partial charge is 0.508 e. The number of aromatic hydroxyl groups is 1. The molecule has 1 fully saturated rings. The van der Waals surface area contributed by atoms with Crippen molar-refractivity contribution in [3.05, 3.63) is 94.6 Å². The van der Waals surface area contributed by atoms with Gasteiger partial charge in [0.15, 0.2) is 0 Å². The summed E-state index contributed by atoms with van der Waals surface area (Å²) in [7, 11) is 2.75. The van der Waals surface area contributed by atoms with Crippen LogP contribution in [0.15, 0.2) is 72.3 Å². The summed E-state index contributed by atoms with van der Waals surface area (Å²) in [4.78, 5) is 39.6. The number of nitrogens with zero attached hydrogens (tertiary/aromatic N) is 1. The Morgan fingerprint density at radius 1 is 0.972 bits per heavy atom. The number of aliphatic hydroxyl groups excluding tert-OH is 1. The summed E-state index contributed by atoms with van der Waals surface area (Å²) in [6.45, 7) is 1.84. The van der Waals surface area contributed by atoms with Crippen molar-refractivity contribution in [3.63, 3.8) is 0 Å². The van der Waals surface area contributed by atoms with Crippen LogP contribution in [-0.4, -0.2) is 42.1 Å². The number of carbonyl (C=O) groups is 3. The highest BCUT2D eigenvalue weighted by Crippen LogP contribution is 2.43. The Morgan fingerprint density at radius 3 is 2.25 bits per heavy atom. The second kappa shape index (κ2) is 9.95. The molecule has 0 radical (unpaired) electrons.